The summed E-state index contributed by atoms with van der Waals surface area (Å²) >= 11 is 0. The van der Waals surface area contributed by atoms with Crippen molar-refractivity contribution in [3.05, 3.63) is 40.3 Å². The van der Waals surface area contributed by atoms with Crippen LogP contribution in [-0.2, 0) is 21.4 Å². The van der Waals surface area contributed by atoms with Crippen molar-refractivity contribution >= 4 is 32.6 Å². The van der Waals surface area contributed by atoms with Crippen LogP contribution in [0.5, 0.6) is 0 Å². The summed E-state index contributed by atoms with van der Waals surface area (Å²) in [6, 6.07) is 5.77. The lowest BCUT2D eigenvalue weighted by molar-refractivity contribution is -0.126. The Balaban J connectivity index is 1.81. The van der Waals surface area contributed by atoms with Gasteiger partial charge in [0.15, 0.2) is 5.69 Å². The Morgan fingerprint density at radius 1 is 1.09 bits per heavy atom. The Bertz CT molecular complexity index is 1160. The number of hydrogen-bond donors (Lipinski definition) is 2. The number of sulfonamides is 1. The minimum absolute atomic E-state index is 0.00746. The monoisotopic (exact) mass is 463 g/mol. The second-order valence-corrected chi connectivity index (χ2v) is 9.85. The van der Waals surface area contributed by atoms with Gasteiger partial charge in [0.2, 0.25) is 10.0 Å². The fourth-order valence-corrected chi connectivity index (χ4v) is 5.65. The molecule has 1 aromatic heterocycles. The first-order chi connectivity index (χ1) is 15.3. The number of benzene rings is 1. The molecule has 0 bridgehead atoms. The molecule has 174 valence electrons. The zero-order valence-electron chi connectivity index (χ0n) is 18.3. The SMILES string of the molecule is CCCn1nc(C(=O)NNC(=O)C2CCCCN2S(=O)(=O)CCC)c2ccccc2c1=O. The van der Waals surface area contributed by atoms with E-state index < -0.39 is 27.9 Å². The summed E-state index contributed by atoms with van der Waals surface area (Å²) in [6.07, 6.45) is 2.91. The Kier molecular flexibility index (Phi) is 7.62. The van der Waals surface area contributed by atoms with E-state index in [0.717, 1.165) is 6.42 Å². The van der Waals surface area contributed by atoms with Gasteiger partial charge < -0.3 is 0 Å². The maximum absolute atomic E-state index is 12.9. The third kappa shape index (κ3) is 4.99. The van der Waals surface area contributed by atoms with Crippen LogP contribution in [0, 0.1) is 0 Å². The van der Waals surface area contributed by atoms with Gasteiger partial charge in [-0.3, -0.25) is 25.2 Å². The molecular formula is C21H29N5O5S. The highest BCUT2D eigenvalue weighted by Gasteiger charge is 2.36. The maximum Gasteiger partial charge on any atom is 0.290 e. The average Bonchev–Trinajstić information content (AvgIpc) is 2.79. The van der Waals surface area contributed by atoms with Gasteiger partial charge in [0.1, 0.15) is 6.04 Å². The van der Waals surface area contributed by atoms with Crippen LogP contribution < -0.4 is 16.4 Å². The molecule has 0 spiro atoms. The van der Waals surface area contributed by atoms with Crippen molar-refractivity contribution in [3.63, 3.8) is 0 Å². The number of hydrazine groups is 1. The molecule has 0 saturated carbocycles. The Hall–Kier alpha value is -2.79. The zero-order valence-corrected chi connectivity index (χ0v) is 19.2. The van der Waals surface area contributed by atoms with Gasteiger partial charge in [0, 0.05) is 18.5 Å². The predicted molar refractivity (Wildman–Crippen MR) is 120 cm³/mol. The lowest BCUT2D eigenvalue weighted by atomic mass is 10.0. The van der Waals surface area contributed by atoms with Crippen LogP contribution in [0.25, 0.3) is 10.8 Å². The highest BCUT2D eigenvalue weighted by Crippen LogP contribution is 2.21. The van der Waals surface area contributed by atoms with Gasteiger partial charge in [-0.05, 0) is 31.7 Å². The van der Waals surface area contributed by atoms with E-state index in [0.29, 0.717) is 43.0 Å². The standard InChI is InChI=1S/C21H29N5O5S/c1-3-12-25-21(29)16-10-6-5-9-15(16)18(24-25)20(28)23-22-19(27)17-11-7-8-13-26(17)32(30,31)14-4-2/h5-6,9-10,17H,3-4,7-8,11-14H2,1-2H3,(H,22,27)(H,23,28). The number of hydrogen-bond acceptors (Lipinski definition) is 6. The molecule has 1 aliphatic rings. The van der Waals surface area contributed by atoms with Crippen LogP contribution in [0.2, 0.25) is 0 Å². The predicted octanol–water partition coefficient (Wildman–Crippen LogP) is 1.16. The quantitative estimate of drug-likeness (QED) is 0.593. The van der Waals surface area contributed by atoms with Crippen LogP contribution in [0.1, 0.15) is 56.4 Å². The van der Waals surface area contributed by atoms with Crippen LogP contribution in [0.15, 0.2) is 29.1 Å². The number of amides is 2. The molecule has 1 saturated heterocycles. The number of nitrogens with one attached hydrogen (secondary N) is 2. The molecule has 2 amide bonds. The normalized spacial score (nSPS) is 17.2. The van der Waals surface area contributed by atoms with E-state index in [1.54, 1.807) is 31.2 Å². The third-order valence-corrected chi connectivity index (χ3v) is 7.47. The number of nitrogens with zero attached hydrogens (tertiary/aromatic N) is 3. The molecule has 1 aromatic carbocycles. The maximum atomic E-state index is 12.9. The van der Waals surface area contributed by atoms with Gasteiger partial charge >= 0.3 is 0 Å². The lowest BCUT2D eigenvalue weighted by Crippen LogP contribution is -2.55. The van der Waals surface area contributed by atoms with Gasteiger partial charge in [-0.2, -0.15) is 9.40 Å². The van der Waals surface area contributed by atoms with Crippen LogP contribution in [0.3, 0.4) is 0 Å². The van der Waals surface area contributed by atoms with Crippen molar-refractivity contribution < 1.29 is 18.0 Å². The molecule has 3 rings (SSSR count). The molecular weight excluding hydrogens is 434 g/mol. The smallest absolute Gasteiger partial charge is 0.271 e. The molecule has 2 N–H and O–H groups in total. The molecule has 1 atom stereocenters. The van der Waals surface area contributed by atoms with Crippen molar-refractivity contribution in [1.29, 1.82) is 0 Å². The first-order valence-electron chi connectivity index (χ1n) is 10.9. The minimum atomic E-state index is -3.55. The van der Waals surface area contributed by atoms with Gasteiger partial charge in [0.25, 0.3) is 17.4 Å². The van der Waals surface area contributed by atoms with E-state index in [9.17, 15) is 22.8 Å². The zero-order chi connectivity index (χ0) is 23.3. The summed E-state index contributed by atoms with van der Waals surface area (Å²) in [4.78, 5) is 38.2. The third-order valence-electron chi connectivity index (χ3n) is 5.39. The molecule has 2 aromatic rings. The van der Waals surface area contributed by atoms with E-state index >= 15 is 0 Å². The number of aromatic nitrogens is 2. The summed E-state index contributed by atoms with van der Waals surface area (Å²) in [6.45, 7) is 4.29. The fraction of sp³-hybridized carbons (Fsp3) is 0.524. The van der Waals surface area contributed by atoms with Crippen molar-refractivity contribution in [1.82, 2.24) is 24.9 Å². The summed E-state index contributed by atoms with van der Waals surface area (Å²) in [5.74, 6) is -1.31. The molecule has 1 fully saturated rings. The summed E-state index contributed by atoms with van der Waals surface area (Å²) < 4.78 is 27.6. The number of aryl methyl sites for hydroxylation is 1. The van der Waals surface area contributed by atoms with Crippen molar-refractivity contribution in [3.8, 4) is 0 Å². The van der Waals surface area contributed by atoms with Crippen molar-refractivity contribution in [2.45, 2.75) is 58.5 Å². The topological polar surface area (TPSA) is 130 Å². The molecule has 0 aliphatic carbocycles. The molecule has 0 radical (unpaired) electrons. The van der Waals surface area contributed by atoms with E-state index in [4.69, 9.17) is 0 Å². The second-order valence-electron chi connectivity index (χ2n) is 7.80. The Morgan fingerprint density at radius 3 is 2.50 bits per heavy atom. The Morgan fingerprint density at radius 2 is 1.81 bits per heavy atom. The molecule has 1 unspecified atom stereocenters. The highest BCUT2D eigenvalue weighted by atomic mass is 32.2. The molecule has 10 nitrogen and oxygen atoms in total. The first kappa shape index (κ1) is 23.9. The highest BCUT2D eigenvalue weighted by molar-refractivity contribution is 7.89. The van der Waals surface area contributed by atoms with Crippen LogP contribution in [0.4, 0.5) is 0 Å². The van der Waals surface area contributed by atoms with E-state index in [-0.39, 0.29) is 23.6 Å². The van der Waals surface area contributed by atoms with Gasteiger partial charge in [0.05, 0.1) is 11.1 Å². The number of fused-ring (bicyclic) bond motifs is 1. The summed E-state index contributed by atoms with van der Waals surface area (Å²) in [5.41, 5.74) is 4.41. The summed E-state index contributed by atoms with van der Waals surface area (Å²) in [7, 11) is -3.55. The molecule has 11 heteroatoms. The van der Waals surface area contributed by atoms with E-state index in [1.807, 2.05) is 6.92 Å². The lowest BCUT2D eigenvalue weighted by Gasteiger charge is -2.33. The molecule has 2 heterocycles. The van der Waals surface area contributed by atoms with E-state index in [2.05, 4.69) is 16.0 Å². The Labute approximate surface area is 187 Å². The van der Waals surface area contributed by atoms with Crippen molar-refractivity contribution in [2.24, 2.45) is 0 Å². The van der Waals surface area contributed by atoms with Crippen LogP contribution in [-0.4, -0.2) is 52.7 Å². The number of rotatable bonds is 7. The van der Waals surface area contributed by atoms with E-state index in [1.165, 1.54) is 8.99 Å². The number of piperidine rings is 1. The van der Waals surface area contributed by atoms with Gasteiger partial charge in [-0.15, -0.1) is 0 Å². The largest absolute Gasteiger partial charge is 0.290 e. The van der Waals surface area contributed by atoms with Crippen LogP contribution >= 0.6 is 0 Å². The molecule has 32 heavy (non-hydrogen) atoms. The average molecular weight is 464 g/mol. The minimum Gasteiger partial charge on any atom is -0.271 e. The second kappa shape index (κ2) is 10.2. The van der Waals surface area contributed by atoms with Gasteiger partial charge in [-0.1, -0.05) is 38.5 Å². The number of carbonyl (C=O) groups excluding carboxylic acids is 2. The molecule has 1 aliphatic heterocycles. The summed E-state index contributed by atoms with van der Waals surface area (Å²) in [5, 5.41) is 4.93. The fourth-order valence-electron chi connectivity index (χ4n) is 3.90. The van der Waals surface area contributed by atoms with Crippen molar-refractivity contribution in [2.75, 3.05) is 12.3 Å². The number of carbonyl (C=O) groups is 2. The van der Waals surface area contributed by atoms with Gasteiger partial charge in [-0.25, -0.2) is 13.1 Å². The first-order valence-corrected chi connectivity index (χ1v) is 12.5.